The van der Waals surface area contributed by atoms with Gasteiger partial charge in [0.15, 0.2) is 0 Å². The summed E-state index contributed by atoms with van der Waals surface area (Å²) >= 11 is 0. The van der Waals surface area contributed by atoms with E-state index in [0.29, 0.717) is 23.0 Å². The van der Waals surface area contributed by atoms with Gasteiger partial charge in [-0.3, -0.25) is 14.9 Å². The second-order valence-corrected chi connectivity index (χ2v) is 4.97. The van der Waals surface area contributed by atoms with Gasteiger partial charge in [-0.1, -0.05) is 0 Å². The fourth-order valence-corrected chi connectivity index (χ4v) is 2.21. The van der Waals surface area contributed by atoms with E-state index >= 15 is 0 Å². The molecule has 7 nitrogen and oxygen atoms in total. The van der Waals surface area contributed by atoms with E-state index in [0.717, 1.165) is 0 Å². The van der Waals surface area contributed by atoms with Crippen molar-refractivity contribution in [2.24, 2.45) is 7.05 Å². The van der Waals surface area contributed by atoms with Crippen LogP contribution in [0.3, 0.4) is 0 Å². The highest BCUT2D eigenvalue weighted by molar-refractivity contribution is 5.93. The van der Waals surface area contributed by atoms with Gasteiger partial charge in [-0.2, -0.15) is 0 Å². The van der Waals surface area contributed by atoms with Crippen LogP contribution in [0.5, 0.6) is 0 Å². The number of non-ortho nitro benzene ring substituents is 1. The molecule has 0 fully saturated rings. The third-order valence-corrected chi connectivity index (χ3v) is 3.40. The number of fused-ring (bicyclic) bond motifs is 1. The summed E-state index contributed by atoms with van der Waals surface area (Å²) in [6.07, 6.45) is 0.519. The van der Waals surface area contributed by atoms with Crippen LogP contribution in [0.4, 0.5) is 11.4 Å². The van der Waals surface area contributed by atoms with Crippen molar-refractivity contribution in [3.8, 4) is 0 Å². The van der Waals surface area contributed by atoms with E-state index < -0.39 is 4.92 Å². The first-order chi connectivity index (χ1) is 9.93. The van der Waals surface area contributed by atoms with Crippen LogP contribution >= 0.6 is 0 Å². The number of aromatic nitrogens is 1. The monoisotopic (exact) mass is 291 g/mol. The Morgan fingerprint density at radius 1 is 1.43 bits per heavy atom. The highest BCUT2D eigenvalue weighted by Crippen LogP contribution is 2.26. The average Bonchev–Trinajstić information content (AvgIpc) is 2.44. The number of aliphatic hydroxyl groups is 1. The van der Waals surface area contributed by atoms with Gasteiger partial charge < -0.3 is 15.0 Å². The maximum atomic E-state index is 12.0. The molecule has 0 radical (unpaired) electrons. The Morgan fingerprint density at radius 2 is 2.14 bits per heavy atom. The van der Waals surface area contributed by atoms with Gasteiger partial charge in [0.2, 0.25) is 0 Å². The molecule has 0 saturated carbocycles. The minimum Gasteiger partial charge on any atom is -0.396 e. The zero-order valence-electron chi connectivity index (χ0n) is 11.9. The minimum atomic E-state index is -0.467. The molecule has 0 unspecified atom stereocenters. The second-order valence-electron chi connectivity index (χ2n) is 4.97. The molecule has 1 aromatic carbocycles. The molecule has 2 N–H and O–H groups in total. The molecule has 0 amide bonds. The van der Waals surface area contributed by atoms with Crippen LogP contribution in [0.25, 0.3) is 10.9 Å². The van der Waals surface area contributed by atoms with Gasteiger partial charge in [-0.05, 0) is 19.4 Å². The average molecular weight is 291 g/mol. The number of hydrogen-bond donors (Lipinski definition) is 2. The fourth-order valence-electron chi connectivity index (χ4n) is 2.21. The lowest BCUT2D eigenvalue weighted by Crippen LogP contribution is -2.21. The van der Waals surface area contributed by atoms with Crippen molar-refractivity contribution in [1.29, 1.82) is 0 Å². The number of pyridine rings is 1. The van der Waals surface area contributed by atoms with E-state index in [1.807, 2.05) is 6.92 Å². The van der Waals surface area contributed by atoms with E-state index in [1.54, 1.807) is 13.1 Å². The summed E-state index contributed by atoms with van der Waals surface area (Å²) in [6.45, 7) is 1.90. The van der Waals surface area contributed by atoms with E-state index in [1.165, 1.54) is 22.8 Å². The third kappa shape index (κ3) is 3.03. The summed E-state index contributed by atoms with van der Waals surface area (Å²) in [6, 6.07) is 5.76. The normalized spacial score (nSPS) is 12.3. The summed E-state index contributed by atoms with van der Waals surface area (Å²) < 4.78 is 1.45. The SMILES string of the molecule is C[C@@H](CCO)Nc1cc(=O)n(C)c2ccc([N+](=O)[O-])cc12. The molecule has 2 rings (SSSR count). The number of nitro groups is 1. The minimum absolute atomic E-state index is 0.0249. The molecule has 0 spiro atoms. The van der Waals surface area contributed by atoms with Crippen molar-refractivity contribution in [1.82, 2.24) is 4.57 Å². The molecule has 21 heavy (non-hydrogen) atoms. The van der Waals surface area contributed by atoms with Crippen LogP contribution in [0.15, 0.2) is 29.1 Å². The van der Waals surface area contributed by atoms with E-state index in [9.17, 15) is 14.9 Å². The lowest BCUT2D eigenvalue weighted by Gasteiger charge is -2.17. The zero-order chi connectivity index (χ0) is 15.6. The fraction of sp³-hybridized carbons (Fsp3) is 0.357. The Bertz CT molecular complexity index is 739. The van der Waals surface area contributed by atoms with Crippen molar-refractivity contribution < 1.29 is 10.0 Å². The Balaban J connectivity index is 2.62. The van der Waals surface area contributed by atoms with E-state index in [4.69, 9.17) is 5.11 Å². The first-order valence-corrected chi connectivity index (χ1v) is 6.59. The van der Waals surface area contributed by atoms with Gasteiger partial charge in [0.25, 0.3) is 11.2 Å². The predicted molar refractivity (Wildman–Crippen MR) is 80.6 cm³/mol. The Hall–Kier alpha value is -2.41. The standard InChI is InChI=1S/C14H17N3O4/c1-9(5-6-18)15-12-8-14(19)16(2)13-4-3-10(17(20)21)7-11(12)13/h3-4,7-9,15,18H,5-6H2,1-2H3/t9-/m0/s1. The maximum absolute atomic E-state index is 12.0. The van der Waals surface area contributed by atoms with E-state index in [2.05, 4.69) is 5.32 Å². The van der Waals surface area contributed by atoms with Crippen molar-refractivity contribution in [2.75, 3.05) is 11.9 Å². The Labute approximate surface area is 121 Å². The van der Waals surface area contributed by atoms with Gasteiger partial charge in [-0.15, -0.1) is 0 Å². The molecular weight excluding hydrogens is 274 g/mol. The van der Waals surface area contributed by atoms with Crippen LogP contribution < -0.4 is 10.9 Å². The predicted octanol–water partition coefficient (Wildman–Crippen LogP) is 1.63. The molecule has 0 aliphatic carbocycles. The molecule has 1 atom stereocenters. The summed E-state index contributed by atoms with van der Waals surface area (Å²) in [4.78, 5) is 22.4. The highest BCUT2D eigenvalue weighted by atomic mass is 16.6. The van der Waals surface area contributed by atoms with E-state index in [-0.39, 0.29) is 23.9 Å². The van der Waals surface area contributed by atoms with Crippen molar-refractivity contribution >= 4 is 22.3 Å². The summed E-state index contributed by atoms with van der Waals surface area (Å²) in [7, 11) is 1.62. The van der Waals surface area contributed by atoms with Crippen LogP contribution in [-0.4, -0.2) is 27.2 Å². The quantitative estimate of drug-likeness (QED) is 0.644. The molecule has 0 saturated heterocycles. The molecular formula is C14H17N3O4. The number of benzene rings is 1. The number of nitro benzene ring substituents is 1. The Kier molecular flexibility index (Phi) is 4.23. The summed E-state index contributed by atoms with van der Waals surface area (Å²) in [5, 5.41) is 23.6. The molecule has 0 bridgehead atoms. The molecule has 2 aromatic rings. The van der Waals surface area contributed by atoms with Gasteiger partial charge in [0.1, 0.15) is 0 Å². The first-order valence-electron chi connectivity index (χ1n) is 6.59. The Morgan fingerprint density at radius 3 is 2.76 bits per heavy atom. The largest absolute Gasteiger partial charge is 0.396 e. The topological polar surface area (TPSA) is 97.4 Å². The lowest BCUT2D eigenvalue weighted by molar-refractivity contribution is -0.384. The zero-order valence-corrected chi connectivity index (χ0v) is 11.9. The summed E-state index contributed by atoms with van der Waals surface area (Å²) in [5.74, 6) is 0. The first kappa shape index (κ1) is 15.0. The van der Waals surface area contributed by atoms with Crippen molar-refractivity contribution in [2.45, 2.75) is 19.4 Å². The summed E-state index contributed by atoms with van der Waals surface area (Å²) in [5.41, 5.74) is 0.929. The van der Waals surface area contributed by atoms with Crippen LogP contribution in [0.1, 0.15) is 13.3 Å². The molecule has 0 aliphatic heterocycles. The smallest absolute Gasteiger partial charge is 0.270 e. The van der Waals surface area contributed by atoms with Crippen LogP contribution in [-0.2, 0) is 7.05 Å². The number of nitrogens with one attached hydrogen (secondary N) is 1. The number of rotatable bonds is 5. The van der Waals surface area contributed by atoms with Gasteiger partial charge in [-0.25, -0.2) is 0 Å². The molecule has 0 aliphatic rings. The van der Waals surface area contributed by atoms with Gasteiger partial charge in [0, 0.05) is 49.0 Å². The molecule has 1 heterocycles. The van der Waals surface area contributed by atoms with Crippen molar-refractivity contribution in [3.05, 3.63) is 44.7 Å². The number of aryl methyl sites for hydroxylation is 1. The number of nitrogens with zero attached hydrogens (tertiary/aromatic N) is 2. The van der Waals surface area contributed by atoms with Gasteiger partial charge in [0.05, 0.1) is 10.4 Å². The van der Waals surface area contributed by atoms with Crippen molar-refractivity contribution in [3.63, 3.8) is 0 Å². The number of anilines is 1. The lowest BCUT2D eigenvalue weighted by atomic mass is 10.1. The highest BCUT2D eigenvalue weighted by Gasteiger charge is 2.13. The maximum Gasteiger partial charge on any atom is 0.270 e. The van der Waals surface area contributed by atoms with Crippen LogP contribution in [0.2, 0.25) is 0 Å². The third-order valence-electron chi connectivity index (χ3n) is 3.40. The number of aliphatic hydroxyl groups excluding tert-OH is 1. The second kappa shape index (κ2) is 5.92. The molecule has 7 heteroatoms. The van der Waals surface area contributed by atoms with Gasteiger partial charge >= 0.3 is 0 Å². The molecule has 112 valence electrons. The van der Waals surface area contributed by atoms with Crippen LogP contribution in [0, 0.1) is 10.1 Å². The number of hydrogen-bond acceptors (Lipinski definition) is 5. The molecule has 1 aromatic heterocycles.